The largest absolute Gasteiger partial charge is 0.534 e. The predicted octanol–water partition coefficient (Wildman–Crippen LogP) is 9.13. The number of phenols is 1. The molecule has 0 heterocycles. The zero-order valence-corrected chi connectivity index (χ0v) is 40.3. The number of esters is 2. The van der Waals surface area contributed by atoms with Crippen LogP contribution < -0.4 is 34.3 Å². The molecule has 6 aromatic carbocycles. The quantitative estimate of drug-likeness (QED) is 0.0690. The van der Waals surface area contributed by atoms with Crippen LogP contribution in [0.2, 0.25) is 10.1 Å². The number of hydrogen-bond donors (Lipinski definition) is 1. The summed E-state index contributed by atoms with van der Waals surface area (Å²) in [4.78, 5) is 24.5. The van der Waals surface area contributed by atoms with E-state index < -0.39 is 28.6 Å². The van der Waals surface area contributed by atoms with Gasteiger partial charge in [0.05, 0.1) is 14.2 Å². The van der Waals surface area contributed by atoms with Crippen molar-refractivity contribution in [3.05, 3.63) is 168 Å². The summed E-state index contributed by atoms with van der Waals surface area (Å²) in [5.41, 5.74) is 1.84. The highest BCUT2D eigenvalue weighted by Gasteiger charge is 2.53. The van der Waals surface area contributed by atoms with E-state index in [1.165, 1.54) is 27.4 Å². The van der Waals surface area contributed by atoms with E-state index in [9.17, 15) is 14.7 Å². The zero-order valence-electron chi connectivity index (χ0n) is 38.3. The van der Waals surface area contributed by atoms with E-state index in [1.807, 2.05) is 85.8 Å². The topological polar surface area (TPSA) is 110 Å². The first-order valence-electron chi connectivity index (χ1n) is 20.8. The van der Waals surface area contributed by atoms with Crippen LogP contribution >= 0.6 is 0 Å². The van der Waals surface area contributed by atoms with Crippen LogP contribution in [0.25, 0.3) is 0 Å². The Labute approximate surface area is 374 Å². The Kier molecular flexibility index (Phi) is 15.5. The predicted molar refractivity (Wildman–Crippen MR) is 256 cm³/mol. The van der Waals surface area contributed by atoms with Gasteiger partial charge in [0.1, 0.15) is 34.1 Å². The van der Waals surface area contributed by atoms with E-state index in [1.54, 1.807) is 19.1 Å². The number of methoxy groups -OCH3 is 3. The summed E-state index contributed by atoms with van der Waals surface area (Å²) in [5.74, 6) is 0.372. The maximum atomic E-state index is 12.4. The molecule has 6 rings (SSSR count). The third-order valence-corrected chi connectivity index (χ3v) is 20.9. The Morgan fingerprint density at radius 2 is 0.841 bits per heavy atom. The van der Waals surface area contributed by atoms with Gasteiger partial charge in [0.2, 0.25) is 0 Å². The Morgan fingerprint density at radius 3 is 1.16 bits per heavy atom. The number of aryl methyl sites for hydroxylation is 2. The molecule has 1 N–H and O–H groups in total. The van der Waals surface area contributed by atoms with E-state index in [0.717, 1.165) is 20.7 Å². The van der Waals surface area contributed by atoms with Gasteiger partial charge in [-0.1, -0.05) is 163 Å². The highest BCUT2D eigenvalue weighted by Crippen LogP contribution is 2.41. The standard InChI is InChI=1S/C27H32O5Si.C25H28O4Si/c1-20-17-21(18-24(31-19-29-5)25(20)26(28)30-6)32-33(27(2,3)4,22-13-9-7-10-14-22)23-15-11-8-12-16-23;1-18-16-19(17-22(26)23(18)24(27)28-5)29-30(25(2,3)4,20-12-8-6-9-13-20)21-14-10-7-11-15-21/h7-18H,19H2,1-6H3;6-17,26H,1-5H3. The van der Waals surface area contributed by atoms with E-state index in [-0.39, 0.29) is 28.2 Å². The lowest BCUT2D eigenvalue weighted by Crippen LogP contribution is -2.68. The van der Waals surface area contributed by atoms with Gasteiger partial charge in [-0.25, -0.2) is 9.59 Å². The van der Waals surface area contributed by atoms with Crippen molar-refractivity contribution in [1.82, 2.24) is 0 Å². The molecule has 63 heavy (non-hydrogen) atoms. The Bertz CT molecular complexity index is 2340. The number of carbonyl (C=O) groups is 2. The van der Waals surface area contributed by atoms with Gasteiger partial charge in [-0.15, -0.1) is 0 Å². The molecule has 0 bridgehead atoms. The van der Waals surface area contributed by atoms with Crippen molar-refractivity contribution in [3.63, 3.8) is 0 Å². The molecule has 0 aliphatic carbocycles. The van der Waals surface area contributed by atoms with Crippen LogP contribution in [0.1, 0.15) is 73.4 Å². The lowest BCUT2D eigenvalue weighted by Gasteiger charge is -2.43. The monoisotopic (exact) mass is 884 g/mol. The van der Waals surface area contributed by atoms with Gasteiger partial charge >= 0.3 is 28.6 Å². The highest BCUT2D eigenvalue weighted by molar-refractivity contribution is 7.00. The molecule has 0 amide bonds. The Morgan fingerprint density at radius 1 is 0.508 bits per heavy atom. The van der Waals surface area contributed by atoms with Gasteiger partial charge in [-0.2, -0.15) is 0 Å². The van der Waals surface area contributed by atoms with Crippen LogP contribution in [-0.2, 0) is 14.2 Å². The molecule has 0 unspecified atom stereocenters. The smallest absolute Gasteiger partial charge is 0.341 e. The summed E-state index contributed by atoms with van der Waals surface area (Å²) in [6.45, 7) is 16.9. The van der Waals surface area contributed by atoms with Crippen molar-refractivity contribution in [1.29, 1.82) is 0 Å². The molecular weight excluding hydrogens is 825 g/mol. The van der Waals surface area contributed by atoms with Gasteiger partial charge in [-0.05, 0) is 67.9 Å². The van der Waals surface area contributed by atoms with Crippen molar-refractivity contribution in [2.24, 2.45) is 0 Å². The first kappa shape index (κ1) is 47.9. The maximum absolute atomic E-state index is 12.4. The maximum Gasteiger partial charge on any atom is 0.341 e. The first-order valence-corrected chi connectivity index (χ1v) is 24.6. The van der Waals surface area contributed by atoms with Gasteiger partial charge < -0.3 is 32.9 Å². The van der Waals surface area contributed by atoms with Crippen LogP contribution in [0.4, 0.5) is 0 Å². The minimum absolute atomic E-state index is 0.00605. The summed E-state index contributed by atoms with van der Waals surface area (Å²) in [5, 5.41) is 14.7. The minimum Gasteiger partial charge on any atom is -0.534 e. The Hall–Kier alpha value is -6.15. The molecule has 11 heteroatoms. The summed E-state index contributed by atoms with van der Waals surface area (Å²) in [6, 6.07) is 48.3. The SMILES string of the molecule is COC(=O)c1c(C)cc(O[Si](c2ccccc2)(c2ccccc2)C(C)(C)C)cc1O.COCOc1cc(O[Si](c2ccccc2)(c2ccccc2)C(C)(C)C)cc(C)c1C(=O)OC. The fourth-order valence-corrected chi connectivity index (χ4v) is 17.0. The van der Waals surface area contributed by atoms with Crippen molar-refractivity contribution in [2.75, 3.05) is 28.1 Å². The van der Waals surface area contributed by atoms with E-state index in [0.29, 0.717) is 33.9 Å². The van der Waals surface area contributed by atoms with E-state index >= 15 is 0 Å². The van der Waals surface area contributed by atoms with Crippen LogP contribution in [0.5, 0.6) is 23.0 Å². The average molecular weight is 885 g/mol. The number of aromatic hydroxyl groups is 1. The molecule has 0 fully saturated rings. The Balaban J connectivity index is 0.000000239. The number of benzene rings is 6. The molecule has 0 aromatic heterocycles. The molecular formula is C52H60O9Si2. The zero-order chi connectivity index (χ0) is 46.0. The van der Waals surface area contributed by atoms with Gasteiger partial charge in [0.25, 0.3) is 0 Å². The van der Waals surface area contributed by atoms with Gasteiger partial charge in [-0.3, -0.25) is 0 Å². The lowest BCUT2D eigenvalue weighted by atomic mass is 10.1. The molecule has 0 spiro atoms. The fraction of sp³-hybridized carbons (Fsp3) is 0.269. The first-order chi connectivity index (χ1) is 29.9. The van der Waals surface area contributed by atoms with Crippen LogP contribution in [-0.4, -0.2) is 61.8 Å². The second kappa shape index (κ2) is 20.4. The van der Waals surface area contributed by atoms with E-state index in [4.69, 9.17) is 27.8 Å². The molecule has 0 saturated heterocycles. The molecule has 0 aliphatic rings. The number of carbonyl (C=O) groups excluding carboxylic acids is 2. The van der Waals surface area contributed by atoms with Crippen molar-refractivity contribution in [2.45, 2.75) is 65.5 Å². The van der Waals surface area contributed by atoms with Crippen molar-refractivity contribution in [3.8, 4) is 23.0 Å². The molecule has 0 aliphatic heterocycles. The molecule has 0 saturated carbocycles. The minimum atomic E-state index is -2.82. The highest BCUT2D eigenvalue weighted by atomic mass is 28.4. The van der Waals surface area contributed by atoms with Crippen molar-refractivity contribution < 1.29 is 42.5 Å². The fourth-order valence-electron chi connectivity index (χ4n) is 8.20. The molecule has 9 nitrogen and oxygen atoms in total. The van der Waals surface area contributed by atoms with E-state index in [2.05, 4.69) is 90.1 Å². The second-order valence-electron chi connectivity index (χ2n) is 17.3. The van der Waals surface area contributed by atoms with Crippen LogP contribution in [0.15, 0.2) is 146 Å². The summed E-state index contributed by atoms with van der Waals surface area (Å²) < 4.78 is 34.6. The van der Waals surface area contributed by atoms with Gasteiger partial charge in [0.15, 0.2) is 6.79 Å². The number of ether oxygens (including phenoxy) is 4. The van der Waals surface area contributed by atoms with Gasteiger partial charge in [0, 0.05) is 19.2 Å². The summed E-state index contributed by atoms with van der Waals surface area (Å²) >= 11 is 0. The third kappa shape index (κ3) is 10.2. The number of rotatable bonds is 13. The normalized spacial score (nSPS) is 11.7. The van der Waals surface area contributed by atoms with Crippen LogP contribution in [0.3, 0.4) is 0 Å². The van der Waals surface area contributed by atoms with Crippen LogP contribution in [0, 0.1) is 13.8 Å². The number of hydrogen-bond acceptors (Lipinski definition) is 9. The summed E-state index contributed by atoms with van der Waals surface area (Å²) in [6.07, 6.45) is 0. The molecule has 0 radical (unpaired) electrons. The number of phenolic OH excluding ortho intramolecular Hbond substituents is 1. The molecule has 0 atom stereocenters. The molecule has 6 aromatic rings. The second-order valence-corrected chi connectivity index (χ2v) is 25.8. The lowest BCUT2D eigenvalue weighted by molar-refractivity contribution is 0.0463. The average Bonchev–Trinajstić information content (AvgIpc) is 3.26. The van der Waals surface area contributed by atoms with Crippen molar-refractivity contribution >= 4 is 49.3 Å². The summed E-state index contributed by atoms with van der Waals surface area (Å²) in [7, 11) is -1.45. The third-order valence-electron chi connectivity index (χ3n) is 11.0. The molecule has 330 valence electrons.